The molecular formula is C28H38BrN3O2S. The first-order valence-corrected chi connectivity index (χ1v) is 14.1. The number of carbonyl (C=O) groups is 2. The molecule has 4 rings (SSSR count). The number of nitrogens with two attached hydrogens (primary N) is 1. The fraction of sp³-hybridized carbons (Fsp3) is 0.571. The molecule has 5 nitrogen and oxygen atoms in total. The number of carbonyl (C=O) groups excluding carboxylic acids is 2. The molecule has 2 aliphatic heterocycles. The maximum absolute atomic E-state index is 13.9. The number of primary amides is 1. The molecule has 1 aromatic carbocycles. The van der Waals surface area contributed by atoms with E-state index >= 15 is 0 Å². The fourth-order valence-electron chi connectivity index (χ4n) is 5.32. The normalized spacial score (nSPS) is 20.4. The average Bonchev–Trinajstić information content (AvgIpc) is 3.42. The van der Waals surface area contributed by atoms with Crippen molar-refractivity contribution in [2.45, 2.75) is 65.2 Å². The number of likely N-dealkylation sites (tertiary alicyclic amines) is 1. The molecule has 2 saturated heterocycles. The molecule has 0 spiro atoms. The van der Waals surface area contributed by atoms with Gasteiger partial charge in [-0.25, -0.2) is 0 Å². The number of hydrogen-bond donors (Lipinski definition) is 1. The van der Waals surface area contributed by atoms with E-state index in [0.717, 1.165) is 41.8 Å². The zero-order valence-corrected chi connectivity index (χ0v) is 24.2. The van der Waals surface area contributed by atoms with Gasteiger partial charge in [0.05, 0.1) is 5.56 Å². The summed E-state index contributed by atoms with van der Waals surface area (Å²) in [5.41, 5.74) is 8.42. The highest BCUT2D eigenvalue weighted by atomic mass is 79.9. The molecule has 0 aliphatic carbocycles. The van der Waals surface area contributed by atoms with Gasteiger partial charge in [-0.2, -0.15) is 0 Å². The van der Waals surface area contributed by atoms with E-state index in [1.54, 1.807) is 11.3 Å². The Hall–Kier alpha value is -1.86. The van der Waals surface area contributed by atoms with Crippen molar-refractivity contribution in [1.29, 1.82) is 0 Å². The summed E-state index contributed by atoms with van der Waals surface area (Å²) in [6, 6.07) is 8.44. The Morgan fingerprint density at radius 3 is 2.14 bits per heavy atom. The first-order chi connectivity index (χ1) is 16.3. The molecule has 7 heteroatoms. The minimum absolute atomic E-state index is 0.0178. The first kappa shape index (κ1) is 26.2. The number of amides is 2. The number of fused-ring (bicyclic) bond motifs is 1. The Kier molecular flexibility index (Phi) is 7.15. The molecule has 0 radical (unpaired) electrons. The monoisotopic (exact) mass is 559 g/mol. The van der Waals surface area contributed by atoms with Crippen molar-refractivity contribution in [1.82, 2.24) is 4.90 Å². The molecule has 3 heterocycles. The van der Waals surface area contributed by atoms with Crippen molar-refractivity contribution < 1.29 is 9.59 Å². The number of rotatable bonds is 5. The topological polar surface area (TPSA) is 66.6 Å². The summed E-state index contributed by atoms with van der Waals surface area (Å²) in [5.74, 6) is 0.858. The molecule has 190 valence electrons. The quantitative estimate of drug-likeness (QED) is 0.508. The van der Waals surface area contributed by atoms with Crippen LogP contribution in [-0.2, 0) is 22.0 Å². The summed E-state index contributed by atoms with van der Waals surface area (Å²) < 4.78 is 0.983. The van der Waals surface area contributed by atoms with Gasteiger partial charge in [-0.1, -0.05) is 53.7 Å². The van der Waals surface area contributed by atoms with Crippen LogP contribution in [0.25, 0.3) is 0 Å². The third kappa shape index (κ3) is 5.46. The minimum atomic E-state index is -0.266. The van der Waals surface area contributed by atoms with Gasteiger partial charge < -0.3 is 15.5 Å². The lowest BCUT2D eigenvalue weighted by Gasteiger charge is -2.25. The second-order valence-corrected chi connectivity index (χ2v) is 14.0. The van der Waals surface area contributed by atoms with Gasteiger partial charge in [-0.15, -0.1) is 11.3 Å². The van der Waals surface area contributed by atoms with Crippen LogP contribution in [0.4, 0.5) is 5.69 Å². The van der Waals surface area contributed by atoms with Gasteiger partial charge in [0.15, 0.2) is 0 Å². The Balaban J connectivity index is 1.49. The van der Waals surface area contributed by atoms with E-state index in [2.05, 4.69) is 91.5 Å². The molecule has 2 N–H and O–H groups in total. The first-order valence-electron chi connectivity index (χ1n) is 12.5. The summed E-state index contributed by atoms with van der Waals surface area (Å²) in [7, 11) is 0. The van der Waals surface area contributed by atoms with Crippen LogP contribution in [0.1, 0.15) is 73.6 Å². The number of nitrogens with zero attached hydrogens (tertiary/aromatic N) is 2. The molecule has 2 fully saturated rings. The largest absolute Gasteiger partial charge is 0.371 e. The zero-order chi connectivity index (χ0) is 25.7. The van der Waals surface area contributed by atoms with Gasteiger partial charge >= 0.3 is 0 Å². The molecule has 35 heavy (non-hydrogen) atoms. The molecule has 2 aromatic rings. The Bertz CT molecular complexity index is 1110. The highest BCUT2D eigenvalue weighted by Crippen LogP contribution is 2.46. The molecule has 1 aromatic heterocycles. The van der Waals surface area contributed by atoms with Crippen LogP contribution in [0, 0.1) is 11.8 Å². The second kappa shape index (κ2) is 9.55. The van der Waals surface area contributed by atoms with Crippen molar-refractivity contribution in [3.8, 4) is 0 Å². The smallest absolute Gasteiger partial charge is 0.256 e. The van der Waals surface area contributed by atoms with Crippen LogP contribution in [0.5, 0.6) is 0 Å². The van der Waals surface area contributed by atoms with Crippen LogP contribution >= 0.6 is 27.3 Å². The van der Waals surface area contributed by atoms with E-state index in [4.69, 9.17) is 5.73 Å². The third-order valence-electron chi connectivity index (χ3n) is 7.14. The lowest BCUT2D eigenvalue weighted by molar-refractivity contribution is -0.117. The lowest BCUT2D eigenvalue weighted by Crippen LogP contribution is -2.34. The Morgan fingerprint density at radius 1 is 1.00 bits per heavy atom. The zero-order valence-electron chi connectivity index (χ0n) is 21.8. The van der Waals surface area contributed by atoms with Crippen LogP contribution in [0.15, 0.2) is 28.7 Å². The third-order valence-corrected chi connectivity index (χ3v) is 10.2. The summed E-state index contributed by atoms with van der Waals surface area (Å²) in [6.45, 7) is 16.7. The maximum Gasteiger partial charge on any atom is 0.256 e. The van der Waals surface area contributed by atoms with Gasteiger partial charge in [0.2, 0.25) is 5.91 Å². The minimum Gasteiger partial charge on any atom is -0.371 e. The van der Waals surface area contributed by atoms with Gasteiger partial charge in [0.1, 0.15) is 0 Å². The van der Waals surface area contributed by atoms with Crippen molar-refractivity contribution >= 4 is 44.8 Å². The van der Waals surface area contributed by atoms with E-state index in [0.29, 0.717) is 24.7 Å². The van der Waals surface area contributed by atoms with Gasteiger partial charge in [-0.3, -0.25) is 9.59 Å². The number of halogens is 1. The van der Waals surface area contributed by atoms with E-state index in [9.17, 15) is 9.59 Å². The van der Waals surface area contributed by atoms with Crippen LogP contribution in [0.3, 0.4) is 0 Å². The maximum atomic E-state index is 13.9. The van der Waals surface area contributed by atoms with Crippen molar-refractivity contribution in [2.75, 3.05) is 31.1 Å². The molecular weight excluding hydrogens is 522 g/mol. The number of anilines is 1. The predicted octanol–water partition coefficient (Wildman–Crippen LogP) is 5.73. The standard InChI is InChI=1S/C28H38BrN3O2S/c1-27(2,3)24-22(23(29)25(35-24)28(4,5)6)26(34)32-15-18-13-31(14-19(18)16-32)20-9-7-8-17(12-20)10-11-21(30)33/h7-9,12,18-19H,10-11,13-16H2,1-6H3,(H2,30,33). The summed E-state index contributed by atoms with van der Waals surface area (Å²) in [6.07, 6.45) is 1.05. The summed E-state index contributed by atoms with van der Waals surface area (Å²) in [5, 5.41) is 0. The van der Waals surface area contributed by atoms with Crippen molar-refractivity contribution in [3.63, 3.8) is 0 Å². The van der Waals surface area contributed by atoms with Crippen molar-refractivity contribution in [2.24, 2.45) is 17.6 Å². The SMILES string of the molecule is CC(C)(C)c1sc(C(C)(C)C)c(C(=O)N2CC3CN(c4cccc(CCC(N)=O)c4)CC3C2)c1Br. The number of hydrogen-bond acceptors (Lipinski definition) is 4. The van der Waals surface area contributed by atoms with Gasteiger partial charge in [-0.05, 0) is 50.9 Å². The van der Waals surface area contributed by atoms with E-state index in [1.807, 2.05) is 0 Å². The van der Waals surface area contributed by atoms with Crippen LogP contribution in [-0.4, -0.2) is 42.9 Å². The van der Waals surface area contributed by atoms with Crippen LogP contribution < -0.4 is 10.6 Å². The number of thiophene rings is 1. The Morgan fingerprint density at radius 2 is 1.60 bits per heavy atom. The summed E-state index contributed by atoms with van der Waals surface area (Å²) in [4.78, 5) is 32.0. The molecule has 2 amide bonds. The van der Waals surface area contributed by atoms with Crippen molar-refractivity contribution in [3.05, 3.63) is 49.6 Å². The molecule has 0 bridgehead atoms. The average molecular weight is 561 g/mol. The molecule has 2 aliphatic rings. The van der Waals surface area contributed by atoms with Gasteiger partial charge in [0.25, 0.3) is 5.91 Å². The molecule has 2 atom stereocenters. The molecule has 2 unspecified atom stereocenters. The highest BCUT2D eigenvalue weighted by molar-refractivity contribution is 9.10. The second-order valence-electron chi connectivity index (χ2n) is 12.2. The number of benzene rings is 1. The Labute approximate surface area is 222 Å². The van der Waals surface area contributed by atoms with Gasteiger partial charge in [0, 0.05) is 64.4 Å². The van der Waals surface area contributed by atoms with E-state index < -0.39 is 0 Å². The highest BCUT2D eigenvalue weighted by Gasteiger charge is 2.43. The van der Waals surface area contributed by atoms with E-state index in [-0.39, 0.29) is 22.6 Å². The predicted molar refractivity (Wildman–Crippen MR) is 148 cm³/mol. The number of aryl methyl sites for hydroxylation is 1. The molecule has 0 saturated carbocycles. The lowest BCUT2D eigenvalue weighted by atomic mass is 9.89. The summed E-state index contributed by atoms with van der Waals surface area (Å²) >= 11 is 5.62. The van der Waals surface area contributed by atoms with E-state index in [1.165, 1.54) is 15.4 Å². The van der Waals surface area contributed by atoms with Crippen LogP contribution in [0.2, 0.25) is 0 Å². The fourth-order valence-corrected chi connectivity index (χ4v) is 7.95.